The molecule has 1 aliphatic carbocycles. The summed E-state index contributed by atoms with van der Waals surface area (Å²) in [5.41, 5.74) is 2.14. The van der Waals surface area contributed by atoms with Crippen LogP contribution in [0.1, 0.15) is 50.3 Å². The van der Waals surface area contributed by atoms with E-state index in [1.54, 1.807) is 0 Å². The Balaban J connectivity index is 1.36. The summed E-state index contributed by atoms with van der Waals surface area (Å²) in [6, 6.07) is 6.93. The summed E-state index contributed by atoms with van der Waals surface area (Å²) in [6.45, 7) is 10.1. The van der Waals surface area contributed by atoms with E-state index in [1.165, 1.54) is 68.9 Å². The fourth-order valence-electron chi connectivity index (χ4n) is 5.87. The molecule has 3 aliphatic rings. The van der Waals surface area contributed by atoms with E-state index in [2.05, 4.69) is 40.5 Å². The van der Waals surface area contributed by atoms with Crippen LogP contribution in [-0.4, -0.2) is 57.8 Å². The van der Waals surface area contributed by atoms with Gasteiger partial charge in [-0.2, -0.15) is 5.10 Å². The fourth-order valence-corrected chi connectivity index (χ4v) is 6.34. The van der Waals surface area contributed by atoms with Gasteiger partial charge in [0.1, 0.15) is 0 Å². The summed E-state index contributed by atoms with van der Waals surface area (Å²) >= 11 is 12.6. The number of likely N-dealkylation sites (tertiary alicyclic amines) is 2. The minimum atomic E-state index is 0.431. The lowest BCUT2D eigenvalue weighted by Crippen LogP contribution is -2.52. The van der Waals surface area contributed by atoms with E-state index in [0.717, 1.165) is 17.3 Å². The van der Waals surface area contributed by atoms with Crippen LogP contribution < -0.4 is 10.6 Å². The molecule has 2 fully saturated rings. The molecule has 1 aromatic carbocycles. The third-order valence-corrected chi connectivity index (χ3v) is 8.26. The van der Waals surface area contributed by atoms with Crippen molar-refractivity contribution in [1.82, 2.24) is 19.6 Å². The van der Waals surface area contributed by atoms with Crippen LogP contribution in [0.15, 0.2) is 18.2 Å². The number of piperidine rings is 2. The van der Waals surface area contributed by atoms with E-state index < -0.39 is 0 Å². The summed E-state index contributed by atoms with van der Waals surface area (Å²) < 4.78 is 2.12. The van der Waals surface area contributed by atoms with Crippen LogP contribution in [0, 0.1) is 12.8 Å². The molecule has 1 aromatic heterocycles. The van der Waals surface area contributed by atoms with Crippen molar-refractivity contribution in [1.29, 1.82) is 0 Å². The number of halogens is 2. The van der Waals surface area contributed by atoms with Crippen molar-refractivity contribution in [3.05, 3.63) is 50.1 Å². The van der Waals surface area contributed by atoms with Crippen molar-refractivity contribution in [3.8, 4) is 0 Å². The first-order valence-electron chi connectivity index (χ1n) is 12.2. The zero-order chi connectivity index (χ0) is 22.2. The predicted octanol–water partition coefficient (Wildman–Crippen LogP) is 4.08. The SMILES string of the molecule is Cc1nn(Cc2ccc(Cl)cc2Cl)c2c1=CC(C)C(N1CCC(N3CCCCC3)CC1)C=2. The van der Waals surface area contributed by atoms with Crippen molar-refractivity contribution < 1.29 is 0 Å². The molecule has 0 spiro atoms. The van der Waals surface area contributed by atoms with E-state index >= 15 is 0 Å². The number of hydrogen-bond donors (Lipinski definition) is 0. The standard InChI is InChI=1S/C26H34Cl2N4/c1-18-14-23-19(2)29-32(17-20-6-7-21(27)15-24(20)28)26(23)16-25(18)31-12-8-22(9-13-31)30-10-4-3-5-11-30/h6-7,14-16,18,22,25H,3-5,8-13,17H2,1-2H3. The van der Waals surface area contributed by atoms with Gasteiger partial charge in [-0.1, -0.05) is 48.7 Å². The van der Waals surface area contributed by atoms with Gasteiger partial charge in [-0.15, -0.1) is 0 Å². The zero-order valence-corrected chi connectivity index (χ0v) is 20.7. The van der Waals surface area contributed by atoms with Gasteiger partial charge in [0.05, 0.1) is 17.6 Å². The number of nitrogens with zero attached hydrogens (tertiary/aromatic N) is 4. The van der Waals surface area contributed by atoms with Crippen LogP contribution in [0.4, 0.5) is 0 Å². The average molecular weight is 473 g/mol. The monoisotopic (exact) mass is 472 g/mol. The smallest absolute Gasteiger partial charge is 0.0681 e. The summed E-state index contributed by atoms with van der Waals surface area (Å²) in [5.74, 6) is 0.490. The minimum Gasteiger partial charge on any atom is -0.300 e. The predicted molar refractivity (Wildman–Crippen MR) is 134 cm³/mol. The Morgan fingerprint density at radius 3 is 2.44 bits per heavy atom. The van der Waals surface area contributed by atoms with Crippen molar-refractivity contribution in [2.24, 2.45) is 5.92 Å². The Kier molecular flexibility index (Phi) is 6.67. The second kappa shape index (κ2) is 9.50. The maximum Gasteiger partial charge on any atom is 0.0681 e. The number of rotatable bonds is 4. The van der Waals surface area contributed by atoms with Gasteiger partial charge in [-0.05, 0) is 75.4 Å². The quantitative estimate of drug-likeness (QED) is 0.669. The third-order valence-electron chi connectivity index (χ3n) is 7.67. The Labute approximate surface area is 201 Å². The number of aromatic nitrogens is 2. The highest BCUT2D eigenvalue weighted by Gasteiger charge is 2.31. The second-order valence-corrected chi connectivity index (χ2v) is 10.7. The van der Waals surface area contributed by atoms with E-state index in [-0.39, 0.29) is 0 Å². The molecule has 5 rings (SSSR count). The van der Waals surface area contributed by atoms with Gasteiger partial charge < -0.3 is 4.90 Å². The summed E-state index contributed by atoms with van der Waals surface area (Å²) in [5, 5.41) is 8.75. The molecule has 4 nitrogen and oxygen atoms in total. The lowest BCUT2D eigenvalue weighted by molar-refractivity contribution is 0.0787. The lowest BCUT2D eigenvalue weighted by atomic mass is 9.91. The summed E-state index contributed by atoms with van der Waals surface area (Å²) in [4.78, 5) is 5.46. The maximum atomic E-state index is 6.46. The first-order chi connectivity index (χ1) is 15.5. The maximum absolute atomic E-state index is 6.46. The van der Waals surface area contributed by atoms with Gasteiger partial charge in [0.15, 0.2) is 0 Å². The molecule has 2 atom stereocenters. The highest BCUT2D eigenvalue weighted by molar-refractivity contribution is 6.35. The van der Waals surface area contributed by atoms with Gasteiger partial charge in [-0.25, -0.2) is 0 Å². The molecule has 0 saturated carbocycles. The van der Waals surface area contributed by atoms with E-state index in [4.69, 9.17) is 28.3 Å². The molecule has 0 bridgehead atoms. The van der Waals surface area contributed by atoms with Gasteiger partial charge in [0.25, 0.3) is 0 Å². The Morgan fingerprint density at radius 2 is 1.72 bits per heavy atom. The molecular formula is C26H34Cl2N4. The van der Waals surface area contributed by atoms with E-state index in [1.807, 2.05) is 18.2 Å². The lowest BCUT2D eigenvalue weighted by Gasteiger charge is -2.43. The molecule has 6 heteroatoms. The van der Waals surface area contributed by atoms with E-state index in [9.17, 15) is 0 Å². The molecule has 3 heterocycles. The van der Waals surface area contributed by atoms with Crippen LogP contribution in [0.2, 0.25) is 10.0 Å². The highest BCUT2D eigenvalue weighted by Crippen LogP contribution is 2.26. The molecule has 2 aliphatic heterocycles. The highest BCUT2D eigenvalue weighted by atomic mass is 35.5. The van der Waals surface area contributed by atoms with Crippen molar-refractivity contribution in [2.45, 2.75) is 64.6 Å². The molecule has 2 saturated heterocycles. The number of hydrogen-bond acceptors (Lipinski definition) is 3. The Morgan fingerprint density at radius 1 is 0.969 bits per heavy atom. The first kappa shape index (κ1) is 22.5. The molecular weight excluding hydrogens is 439 g/mol. The molecule has 0 radical (unpaired) electrons. The van der Waals surface area contributed by atoms with Gasteiger partial charge >= 0.3 is 0 Å². The largest absolute Gasteiger partial charge is 0.300 e. The minimum absolute atomic E-state index is 0.431. The van der Waals surface area contributed by atoms with Crippen LogP contribution in [0.5, 0.6) is 0 Å². The van der Waals surface area contributed by atoms with Crippen LogP contribution in [0.3, 0.4) is 0 Å². The van der Waals surface area contributed by atoms with Crippen molar-refractivity contribution in [3.63, 3.8) is 0 Å². The topological polar surface area (TPSA) is 24.3 Å². The van der Waals surface area contributed by atoms with Gasteiger partial charge in [0.2, 0.25) is 0 Å². The second-order valence-electron chi connectivity index (χ2n) is 9.82. The van der Waals surface area contributed by atoms with Crippen LogP contribution in [0.25, 0.3) is 12.2 Å². The normalized spacial score (nSPS) is 25.2. The van der Waals surface area contributed by atoms with Gasteiger partial charge in [0, 0.05) is 40.4 Å². The molecule has 2 aromatic rings. The molecule has 172 valence electrons. The number of fused-ring (bicyclic) bond motifs is 1. The number of aryl methyl sites for hydroxylation is 1. The fraction of sp³-hybridized carbons (Fsp3) is 0.577. The summed E-state index contributed by atoms with van der Waals surface area (Å²) in [7, 11) is 0. The van der Waals surface area contributed by atoms with Crippen molar-refractivity contribution >= 4 is 35.4 Å². The molecule has 0 amide bonds. The zero-order valence-electron chi connectivity index (χ0n) is 19.2. The number of benzene rings is 1. The van der Waals surface area contributed by atoms with Gasteiger partial charge in [-0.3, -0.25) is 9.58 Å². The van der Waals surface area contributed by atoms with Crippen LogP contribution in [-0.2, 0) is 6.54 Å². The summed E-state index contributed by atoms with van der Waals surface area (Å²) in [6.07, 6.45) is 11.7. The Bertz CT molecular complexity index is 1080. The third kappa shape index (κ3) is 4.52. The van der Waals surface area contributed by atoms with Crippen LogP contribution >= 0.6 is 23.2 Å². The van der Waals surface area contributed by atoms with Crippen molar-refractivity contribution in [2.75, 3.05) is 26.2 Å². The molecule has 2 unspecified atom stereocenters. The molecule has 0 N–H and O–H groups in total. The first-order valence-corrected chi connectivity index (χ1v) is 12.9. The average Bonchev–Trinajstić information content (AvgIpc) is 3.10. The Hall–Kier alpha value is -1.33. The molecule has 32 heavy (non-hydrogen) atoms. The van der Waals surface area contributed by atoms with E-state index in [0.29, 0.717) is 28.5 Å².